The fourth-order valence-corrected chi connectivity index (χ4v) is 10.2. The maximum Gasteiger partial charge on any atom is 0.397 e. The third kappa shape index (κ3) is 18.4. The van der Waals surface area contributed by atoms with Crippen LogP contribution in [0.1, 0.15) is 85.1 Å². The summed E-state index contributed by atoms with van der Waals surface area (Å²) in [6, 6.07) is 0.0924. The van der Waals surface area contributed by atoms with Crippen LogP contribution in [0, 0.1) is 0 Å². The number of hydrogen-bond donors (Lipinski definition) is 13. The highest BCUT2D eigenvalue weighted by molar-refractivity contribution is 7.80. The average Bonchev–Trinajstić information content (AvgIpc) is 3.57. The maximum absolute atomic E-state index is 13.6. The smallest absolute Gasteiger partial charge is 0.397 e. The number of aliphatic hydroxyl groups excluding tert-OH is 9. The Kier molecular flexibility index (Phi) is 26.3. The van der Waals surface area contributed by atoms with E-state index in [0.29, 0.717) is 17.9 Å². The van der Waals surface area contributed by atoms with Gasteiger partial charge in [-0.3, -0.25) is 23.7 Å². The number of rotatable bonds is 28. The number of amides is 4. The first-order chi connectivity index (χ1) is 37.9. The number of nitrogens with one attached hydrogen (secondary N) is 3. The molecule has 0 bridgehead atoms. The lowest BCUT2D eigenvalue weighted by Gasteiger charge is -2.51. The molecule has 4 aliphatic heterocycles. The van der Waals surface area contributed by atoms with Gasteiger partial charge in [0.1, 0.15) is 103 Å². The Hall–Kier alpha value is -4.13. The second-order valence-corrected chi connectivity index (χ2v) is 21.1. The first-order valence-corrected chi connectivity index (χ1v) is 27.9. The molecule has 5 rings (SSSR count). The van der Waals surface area contributed by atoms with Gasteiger partial charge in [0.2, 0.25) is 23.6 Å². The van der Waals surface area contributed by atoms with Gasteiger partial charge >= 0.3 is 10.4 Å². The van der Waals surface area contributed by atoms with Crippen molar-refractivity contribution in [1.82, 2.24) is 20.9 Å². The first-order valence-electron chi connectivity index (χ1n) is 26.5. The molecule has 1 aromatic rings. The zero-order chi connectivity index (χ0) is 59.0. The molecular formula is C50H80N4O25S. The van der Waals surface area contributed by atoms with Crippen LogP contribution in [-0.4, -0.2) is 243 Å². The molecule has 0 radical (unpaired) electrons. The van der Waals surface area contributed by atoms with E-state index in [-0.39, 0.29) is 6.54 Å². The van der Waals surface area contributed by atoms with Crippen molar-refractivity contribution in [3.05, 3.63) is 42.0 Å². The Morgan fingerprint density at radius 2 is 1.12 bits per heavy atom. The number of carbonyl (C=O) groups is 4. The molecule has 1 unspecified atom stereocenters. The van der Waals surface area contributed by atoms with E-state index in [1.165, 1.54) is 26.2 Å². The molecule has 29 nitrogen and oxygen atoms in total. The van der Waals surface area contributed by atoms with E-state index >= 15 is 0 Å². The summed E-state index contributed by atoms with van der Waals surface area (Å²) in [5.74, 6) is -2.56. The third-order valence-corrected chi connectivity index (χ3v) is 14.2. The minimum absolute atomic E-state index is 0.214. The lowest BCUT2D eigenvalue weighted by Crippen LogP contribution is -2.71. The normalized spacial score (nSPS) is 34.8. The molecule has 0 saturated carbocycles. The van der Waals surface area contributed by atoms with Crippen LogP contribution in [0.4, 0.5) is 0 Å². The minimum atomic E-state index is -5.17. The van der Waals surface area contributed by atoms with Crippen LogP contribution in [0.3, 0.4) is 0 Å². The van der Waals surface area contributed by atoms with Gasteiger partial charge in [-0.05, 0) is 43.4 Å². The van der Waals surface area contributed by atoms with Crippen molar-refractivity contribution in [1.29, 1.82) is 0 Å². The standard InChI is InChI=1S/C50H80N4O25S/c1-6-7-8-9-10-11-12-13-14-18-71-30-17-15-16-29(19-30)20-54(28(5)61)38-43(66)39(62)31(21-55)74-50(38)79-45-33(23-57)76-48(37(42(45)65)53-27(4)60)77-44-32(22-56)75-49(36(41(44)64)52-26(3)59)78-46-34(24-72-80(68,69)70)73-47(67)35(40(46)63)51-25(2)58/h11-12,15-17,19,31-50,55-57,62-67H,6-10,13-14,18,20-24H2,1-5H3,(H,51,58)(H,52,59)(H,53,60)(H,68,69,70)/b12-11-/t31-,32-,33-,34-,35-,36-,37-,38-,39-,40-,41-,42-,43-,44-,45-,46-,47?,48+,49+,50+/m1/s1. The second-order valence-electron chi connectivity index (χ2n) is 20.0. The number of carbonyl (C=O) groups excluding carboxylic acids is 4. The predicted molar refractivity (Wildman–Crippen MR) is 272 cm³/mol. The molecule has 4 amide bonds. The maximum atomic E-state index is 13.6. The fourth-order valence-electron chi connectivity index (χ4n) is 9.91. The van der Waals surface area contributed by atoms with Crippen molar-refractivity contribution in [3.8, 4) is 5.75 Å². The van der Waals surface area contributed by atoms with Gasteiger partial charge in [0, 0.05) is 34.2 Å². The Morgan fingerprint density at radius 3 is 1.64 bits per heavy atom. The zero-order valence-electron chi connectivity index (χ0n) is 45.2. The number of aliphatic hydroxyl groups is 9. The predicted octanol–water partition coefficient (Wildman–Crippen LogP) is -3.75. The summed E-state index contributed by atoms with van der Waals surface area (Å²) in [7, 11) is -5.17. The first kappa shape index (κ1) is 66.7. The molecule has 4 fully saturated rings. The molecule has 1 aromatic carbocycles. The Balaban J connectivity index is 1.38. The molecular weight excluding hydrogens is 1090 g/mol. The van der Waals surface area contributed by atoms with Crippen LogP contribution in [0.25, 0.3) is 0 Å². The van der Waals surface area contributed by atoms with E-state index in [9.17, 15) is 78.1 Å². The lowest BCUT2D eigenvalue weighted by atomic mass is 9.92. The van der Waals surface area contributed by atoms with E-state index in [2.05, 4.69) is 39.2 Å². The minimum Gasteiger partial charge on any atom is -0.494 e. The van der Waals surface area contributed by atoms with Gasteiger partial charge < -0.3 is 105 Å². The van der Waals surface area contributed by atoms with Crippen molar-refractivity contribution >= 4 is 34.0 Å². The number of ether oxygens (including phenoxy) is 8. The van der Waals surface area contributed by atoms with Crippen molar-refractivity contribution in [2.24, 2.45) is 0 Å². The van der Waals surface area contributed by atoms with Crippen LogP contribution in [-0.2, 0) is 73.5 Å². The van der Waals surface area contributed by atoms with Gasteiger partial charge in [-0.15, -0.1) is 0 Å². The van der Waals surface area contributed by atoms with Crippen molar-refractivity contribution in [2.45, 2.75) is 209 Å². The number of allylic oxidation sites excluding steroid dienone is 2. The van der Waals surface area contributed by atoms with Gasteiger partial charge in [0.25, 0.3) is 0 Å². The molecule has 30 heteroatoms. The summed E-state index contributed by atoms with van der Waals surface area (Å²) < 4.78 is 84.6. The summed E-state index contributed by atoms with van der Waals surface area (Å²) >= 11 is 0. The summed E-state index contributed by atoms with van der Waals surface area (Å²) in [5.41, 5.74) is 0.522. The van der Waals surface area contributed by atoms with Crippen molar-refractivity contribution in [3.63, 3.8) is 0 Å². The number of hydrogen-bond acceptors (Lipinski definition) is 24. The van der Waals surface area contributed by atoms with Crippen LogP contribution in [0.2, 0.25) is 0 Å². The van der Waals surface area contributed by atoms with E-state index in [1.807, 2.05) is 0 Å². The second kappa shape index (κ2) is 31.5. The largest absolute Gasteiger partial charge is 0.494 e. The van der Waals surface area contributed by atoms with Crippen LogP contribution >= 0.6 is 0 Å². The topological polar surface area (TPSA) is 427 Å². The van der Waals surface area contributed by atoms with Crippen LogP contribution in [0.5, 0.6) is 5.75 Å². The molecule has 13 N–H and O–H groups in total. The van der Waals surface area contributed by atoms with Gasteiger partial charge in [-0.1, -0.05) is 50.5 Å². The molecule has 456 valence electrons. The molecule has 0 aromatic heterocycles. The monoisotopic (exact) mass is 1170 g/mol. The summed E-state index contributed by atoms with van der Waals surface area (Å²) in [5, 5.41) is 108. The highest BCUT2D eigenvalue weighted by Crippen LogP contribution is 2.36. The average molecular weight is 1170 g/mol. The fraction of sp³-hybridized carbons (Fsp3) is 0.760. The van der Waals surface area contributed by atoms with E-state index in [0.717, 1.165) is 51.4 Å². The Labute approximate surface area is 463 Å². The molecule has 20 atom stereocenters. The lowest BCUT2D eigenvalue weighted by molar-refractivity contribution is -0.364. The zero-order valence-corrected chi connectivity index (χ0v) is 46.0. The molecule has 0 aliphatic carbocycles. The summed E-state index contributed by atoms with van der Waals surface area (Å²) in [6.45, 7) is 2.65. The number of nitrogens with zero attached hydrogens (tertiary/aromatic N) is 1. The van der Waals surface area contributed by atoms with Gasteiger partial charge in [0.05, 0.1) is 33.0 Å². The molecule has 4 aliphatic rings. The third-order valence-electron chi connectivity index (χ3n) is 13.8. The number of benzene rings is 1. The Bertz CT molecular complexity index is 2270. The van der Waals surface area contributed by atoms with Crippen LogP contribution < -0.4 is 20.7 Å². The molecule has 4 saturated heterocycles. The van der Waals surface area contributed by atoms with Gasteiger partial charge in [-0.2, -0.15) is 8.42 Å². The van der Waals surface area contributed by atoms with Crippen LogP contribution in [0.15, 0.2) is 36.4 Å². The number of unbranched alkanes of at least 4 members (excludes halogenated alkanes) is 5. The van der Waals surface area contributed by atoms with Gasteiger partial charge in [0.15, 0.2) is 25.2 Å². The van der Waals surface area contributed by atoms with Gasteiger partial charge in [-0.25, -0.2) is 4.18 Å². The van der Waals surface area contributed by atoms with E-state index in [4.69, 9.17) is 37.9 Å². The highest BCUT2D eigenvalue weighted by atomic mass is 32.3. The van der Waals surface area contributed by atoms with Crippen molar-refractivity contribution in [2.75, 3.05) is 33.0 Å². The molecule has 4 heterocycles. The quantitative estimate of drug-likeness (QED) is 0.0218. The SMILES string of the molecule is CCCCCC/C=C\CCCOc1cccc(CN(C(C)=O)[C@H]2[C@H](O[C@H]3[C@H](O)[C@@H](NC(C)=O)[C@H](O[C@H]4[C@H](O)[C@@H](NC(C)=O)[C@H](O[C@H]5[C@H](O)[C@@H](NC(C)=O)C(O)O[C@@H]5COS(=O)(=O)O)O[C@@H]4CO)O[C@@H]3CO)O[C@H](CO)[C@@H](O)[C@@H]2O)c1. The Morgan fingerprint density at radius 1 is 0.625 bits per heavy atom. The molecule has 0 spiro atoms. The van der Waals surface area contributed by atoms with E-state index < -0.39 is 183 Å². The highest BCUT2D eigenvalue weighted by Gasteiger charge is 2.57. The van der Waals surface area contributed by atoms with Crippen molar-refractivity contribution < 1.29 is 120 Å². The van der Waals surface area contributed by atoms with E-state index in [1.54, 1.807) is 24.3 Å². The summed E-state index contributed by atoms with van der Waals surface area (Å²) in [4.78, 5) is 52.2. The summed E-state index contributed by atoms with van der Waals surface area (Å²) in [6.07, 6.45) is -17.9. The molecule has 80 heavy (non-hydrogen) atoms.